The fraction of sp³-hybridized carbons (Fsp3) is 0.333. The molecule has 8 heteroatoms. The van der Waals surface area contributed by atoms with Crippen molar-refractivity contribution in [2.24, 2.45) is 0 Å². The van der Waals surface area contributed by atoms with Crippen molar-refractivity contribution in [1.29, 1.82) is 0 Å². The fourth-order valence-corrected chi connectivity index (χ4v) is 3.66. The number of likely N-dealkylation sites (N-methyl/N-ethyl adjacent to an activating group) is 1. The van der Waals surface area contributed by atoms with Gasteiger partial charge < -0.3 is 10.6 Å². The number of hydrogen-bond acceptors (Lipinski definition) is 5. The predicted molar refractivity (Wildman–Crippen MR) is 109 cm³/mol. The van der Waals surface area contributed by atoms with E-state index in [0.717, 1.165) is 37.2 Å². The van der Waals surface area contributed by atoms with Gasteiger partial charge in [0.2, 0.25) is 5.91 Å². The highest BCUT2D eigenvalue weighted by atomic mass is 16.2. The van der Waals surface area contributed by atoms with Crippen molar-refractivity contribution in [1.82, 2.24) is 30.1 Å². The van der Waals surface area contributed by atoms with Crippen molar-refractivity contribution < 1.29 is 9.59 Å². The number of benzene rings is 1. The van der Waals surface area contributed by atoms with E-state index >= 15 is 0 Å². The van der Waals surface area contributed by atoms with Gasteiger partial charge in [-0.2, -0.15) is 5.10 Å². The summed E-state index contributed by atoms with van der Waals surface area (Å²) >= 11 is 0. The number of nitrogens with zero attached hydrogens (tertiary/aromatic N) is 4. The highest BCUT2D eigenvalue weighted by molar-refractivity contribution is 6.00. The molecule has 3 heterocycles. The topological polar surface area (TPSA) is 91.6 Å². The van der Waals surface area contributed by atoms with Crippen LogP contribution in [0.4, 0.5) is 0 Å². The Balaban J connectivity index is 1.46. The van der Waals surface area contributed by atoms with Crippen molar-refractivity contribution in [3.05, 3.63) is 54.4 Å². The number of likely N-dealkylation sites (tertiary alicyclic amines) is 1. The molecular weight excluding hydrogens is 368 g/mol. The predicted octanol–water partition coefficient (Wildman–Crippen LogP) is 1.34. The molecule has 150 valence electrons. The largest absolute Gasteiger partial charge is 0.358 e. The molecule has 0 spiro atoms. The molecule has 2 N–H and O–H groups in total. The van der Waals surface area contributed by atoms with Gasteiger partial charge >= 0.3 is 0 Å². The summed E-state index contributed by atoms with van der Waals surface area (Å²) in [6, 6.07) is 11.9. The Bertz CT molecular complexity index is 1010. The molecule has 1 aliphatic heterocycles. The Morgan fingerprint density at radius 1 is 1.14 bits per heavy atom. The third-order valence-corrected chi connectivity index (χ3v) is 5.28. The first-order valence-electron chi connectivity index (χ1n) is 9.77. The van der Waals surface area contributed by atoms with E-state index < -0.39 is 0 Å². The summed E-state index contributed by atoms with van der Waals surface area (Å²) in [5, 5.41) is 10.1. The van der Waals surface area contributed by atoms with Gasteiger partial charge in [0.05, 0.1) is 18.4 Å². The Morgan fingerprint density at radius 2 is 1.90 bits per heavy atom. The van der Waals surface area contributed by atoms with Gasteiger partial charge in [-0.05, 0) is 18.9 Å². The second-order valence-electron chi connectivity index (χ2n) is 7.19. The maximum atomic E-state index is 12.9. The third kappa shape index (κ3) is 4.12. The lowest BCUT2D eigenvalue weighted by atomic mass is 10.0. The van der Waals surface area contributed by atoms with E-state index in [4.69, 9.17) is 0 Å². The highest BCUT2D eigenvalue weighted by Crippen LogP contribution is 2.21. The highest BCUT2D eigenvalue weighted by Gasteiger charge is 2.24. The van der Waals surface area contributed by atoms with E-state index in [9.17, 15) is 9.59 Å². The monoisotopic (exact) mass is 392 g/mol. The van der Waals surface area contributed by atoms with Crippen LogP contribution in [0.15, 0.2) is 48.8 Å². The molecule has 0 aliphatic carbocycles. The number of carbonyl (C=O) groups is 2. The van der Waals surface area contributed by atoms with Crippen molar-refractivity contribution in [2.45, 2.75) is 18.9 Å². The van der Waals surface area contributed by atoms with Gasteiger partial charge in [-0.1, -0.05) is 30.3 Å². The maximum Gasteiger partial charge on any atom is 0.256 e. The number of piperidine rings is 1. The molecule has 1 fully saturated rings. The average molecular weight is 392 g/mol. The van der Waals surface area contributed by atoms with Crippen LogP contribution in [0.3, 0.4) is 0 Å². The minimum absolute atomic E-state index is 0.0131. The first-order valence-corrected chi connectivity index (χ1v) is 9.77. The molecule has 0 radical (unpaired) electrons. The summed E-state index contributed by atoms with van der Waals surface area (Å²) in [7, 11) is 1.64. The summed E-state index contributed by atoms with van der Waals surface area (Å²) in [5.41, 5.74) is 2.91. The molecular formula is C21H24N6O2. The Kier molecular flexibility index (Phi) is 5.53. The van der Waals surface area contributed by atoms with Gasteiger partial charge in [0.15, 0.2) is 5.65 Å². The molecule has 0 bridgehead atoms. The lowest BCUT2D eigenvalue weighted by Gasteiger charge is -2.31. The van der Waals surface area contributed by atoms with Crippen LogP contribution in [0.5, 0.6) is 0 Å². The summed E-state index contributed by atoms with van der Waals surface area (Å²) in [4.78, 5) is 30.9. The smallest absolute Gasteiger partial charge is 0.256 e. The molecule has 0 saturated carbocycles. The molecule has 29 heavy (non-hydrogen) atoms. The molecule has 1 saturated heterocycles. The number of amides is 2. The van der Waals surface area contributed by atoms with Crippen LogP contribution in [0.25, 0.3) is 16.9 Å². The van der Waals surface area contributed by atoms with E-state index in [-0.39, 0.29) is 17.9 Å². The van der Waals surface area contributed by atoms with Gasteiger partial charge in [-0.3, -0.25) is 14.5 Å². The summed E-state index contributed by atoms with van der Waals surface area (Å²) in [6.07, 6.45) is 4.90. The zero-order valence-electron chi connectivity index (χ0n) is 16.3. The molecule has 8 nitrogen and oxygen atoms in total. The van der Waals surface area contributed by atoms with E-state index in [1.165, 1.54) is 0 Å². The molecule has 2 amide bonds. The molecule has 2 aromatic heterocycles. The number of carbonyl (C=O) groups excluding carboxylic acids is 2. The molecule has 1 aromatic carbocycles. The van der Waals surface area contributed by atoms with Crippen LogP contribution in [-0.4, -0.2) is 64.0 Å². The summed E-state index contributed by atoms with van der Waals surface area (Å²) in [6.45, 7) is 1.96. The molecule has 3 aromatic rings. The van der Waals surface area contributed by atoms with Crippen molar-refractivity contribution in [2.75, 3.05) is 26.7 Å². The van der Waals surface area contributed by atoms with Crippen LogP contribution in [0, 0.1) is 0 Å². The van der Waals surface area contributed by atoms with E-state index in [1.54, 1.807) is 24.0 Å². The summed E-state index contributed by atoms with van der Waals surface area (Å²) < 4.78 is 1.70. The number of aromatic nitrogens is 3. The fourth-order valence-electron chi connectivity index (χ4n) is 3.66. The van der Waals surface area contributed by atoms with E-state index in [1.807, 2.05) is 36.4 Å². The van der Waals surface area contributed by atoms with Crippen LogP contribution in [0.1, 0.15) is 23.2 Å². The van der Waals surface area contributed by atoms with E-state index in [2.05, 4.69) is 25.6 Å². The van der Waals surface area contributed by atoms with Crippen LogP contribution < -0.4 is 10.6 Å². The summed E-state index contributed by atoms with van der Waals surface area (Å²) in [5.74, 6) is -0.151. The normalized spacial score (nSPS) is 15.3. The standard InChI is InChI=1S/C21H24N6O2/c1-22-19(28)14-26-11-8-16(9-12-26)25-21(29)17-13-24-27-18(7-10-23-20(17)27)15-5-3-2-4-6-15/h2-7,10,13,16H,8-9,11-12,14H2,1H3,(H,22,28)(H,25,29). The molecule has 0 atom stereocenters. The minimum atomic E-state index is -0.164. The lowest BCUT2D eigenvalue weighted by molar-refractivity contribution is -0.122. The van der Waals surface area contributed by atoms with Crippen molar-refractivity contribution >= 4 is 17.5 Å². The van der Waals surface area contributed by atoms with Gasteiger partial charge in [0.25, 0.3) is 5.91 Å². The van der Waals surface area contributed by atoms with Crippen molar-refractivity contribution in [3.63, 3.8) is 0 Å². The minimum Gasteiger partial charge on any atom is -0.358 e. The van der Waals surface area contributed by atoms with E-state index in [0.29, 0.717) is 17.8 Å². The zero-order chi connectivity index (χ0) is 20.2. The third-order valence-electron chi connectivity index (χ3n) is 5.28. The number of hydrogen-bond donors (Lipinski definition) is 2. The first-order chi connectivity index (χ1) is 14.2. The zero-order valence-corrected chi connectivity index (χ0v) is 16.3. The molecule has 1 aliphatic rings. The number of nitrogens with one attached hydrogen (secondary N) is 2. The van der Waals surface area contributed by atoms with Crippen molar-refractivity contribution in [3.8, 4) is 11.3 Å². The molecule has 4 rings (SSSR count). The number of rotatable bonds is 5. The van der Waals surface area contributed by atoms with Gasteiger partial charge in [-0.25, -0.2) is 9.50 Å². The van der Waals surface area contributed by atoms with Gasteiger partial charge in [-0.15, -0.1) is 0 Å². The van der Waals surface area contributed by atoms with Gasteiger partial charge in [0.1, 0.15) is 5.56 Å². The second-order valence-corrected chi connectivity index (χ2v) is 7.19. The van der Waals surface area contributed by atoms with Gasteiger partial charge in [0, 0.05) is 37.9 Å². The maximum absolute atomic E-state index is 12.9. The quantitative estimate of drug-likeness (QED) is 0.684. The van der Waals surface area contributed by atoms with Crippen LogP contribution >= 0.6 is 0 Å². The molecule has 0 unspecified atom stereocenters. The average Bonchev–Trinajstić information content (AvgIpc) is 3.20. The SMILES string of the molecule is CNC(=O)CN1CCC(NC(=O)c2cnn3c(-c4ccccc4)ccnc23)CC1. The Morgan fingerprint density at radius 3 is 2.62 bits per heavy atom. The Labute approximate surface area is 168 Å². The van der Waals surface area contributed by atoms with Crippen LogP contribution in [-0.2, 0) is 4.79 Å². The second kappa shape index (κ2) is 8.40. The van der Waals surface area contributed by atoms with Crippen LogP contribution in [0.2, 0.25) is 0 Å². The number of fused-ring (bicyclic) bond motifs is 1. The first kappa shape index (κ1) is 19.1. The Hall–Kier alpha value is -3.26. The lowest BCUT2D eigenvalue weighted by Crippen LogP contribution is -2.47.